The summed E-state index contributed by atoms with van der Waals surface area (Å²) in [5.41, 5.74) is 7.06. The lowest BCUT2D eigenvalue weighted by Gasteiger charge is -2.21. The maximum absolute atomic E-state index is 12.0. The van der Waals surface area contributed by atoms with Gasteiger partial charge in [0, 0.05) is 23.7 Å². The van der Waals surface area contributed by atoms with Crippen molar-refractivity contribution in [1.82, 2.24) is 5.32 Å². The van der Waals surface area contributed by atoms with Gasteiger partial charge in [0.2, 0.25) is 0 Å². The van der Waals surface area contributed by atoms with Crippen LogP contribution in [-0.4, -0.2) is 18.9 Å². The van der Waals surface area contributed by atoms with E-state index in [9.17, 15) is 4.79 Å². The number of benzene rings is 1. The third kappa shape index (κ3) is 2.36. The van der Waals surface area contributed by atoms with E-state index < -0.39 is 0 Å². The number of rotatable bonds is 2. The Labute approximate surface area is 89.7 Å². The molecule has 1 aliphatic rings. The molecule has 1 heterocycles. The van der Waals surface area contributed by atoms with Gasteiger partial charge >= 0.3 is 0 Å². The van der Waals surface area contributed by atoms with Gasteiger partial charge < -0.3 is 11.1 Å². The molecule has 0 saturated carbocycles. The molecule has 0 radical (unpaired) electrons. The Hall–Kier alpha value is -1.35. The molecule has 0 amide bonds. The van der Waals surface area contributed by atoms with Crippen LogP contribution in [0.5, 0.6) is 0 Å². The average Bonchev–Trinajstić information content (AvgIpc) is 2.30. The number of piperidine rings is 1. The molecular weight excluding hydrogens is 188 g/mol. The van der Waals surface area contributed by atoms with Crippen molar-refractivity contribution in [1.29, 1.82) is 0 Å². The summed E-state index contributed by atoms with van der Waals surface area (Å²) in [6.07, 6.45) is 2.08. The minimum Gasteiger partial charge on any atom is -0.399 e. The van der Waals surface area contributed by atoms with E-state index in [1.54, 1.807) is 12.1 Å². The second-order valence-electron chi connectivity index (χ2n) is 4.03. The van der Waals surface area contributed by atoms with Crippen LogP contribution < -0.4 is 11.1 Å². The van der Waals surface area contributed by atoms with Gasteiger partial charge in [-0.25, -0.2) is 0 Å². The van der Waals surface area contributed by atoms with Gasteiger partial charge in [0.25, 0.3) is 0 Å². The summed E-state index contributed by atoms with van der Waals surface area (Å²) in [4.78, 5) is 12.0. The Kier molecular flexibility index (Phi) is 3.02. The molecule has 2 rings (SSSR count). The van der Waals surface area contributed by atoms with Crippen molar-refractivity contribution in [3.05, 3.63) is 29.8 Å². The highest BCUT2D eigenvalue weighted by Crippen LogP contribution is 2.17. The number of ketones is 1. The molecule has 0 spiro atoms. The Bertz CT molecular complexity index is 339. The first-order valence-electron chi connectivity index (χ1n) is 5.38. The monoisotopic (exact) mass is 204 g/mol. The molecule has 1 atom stereocenters. The smallest absolute Gasteiger partial charge is 0.167 e. The number of carbonyl (C=O) groups is 1. The van der Waals surface area contributed by atoms with Gasteiger partial charge in [0.05, 0.1) is 0 Å². The van der Waals surface area contributed by atoms with Crippen molar-refractivity contribution in [2.45, 2.75) is 12.8 Å². The Morgan fingerprint density at radius 3 is 2.67 bits per heavy atom. The molecule has 0 bridgehead atoms. The normalized spacial score (nSPS) is 21.2. The molecule has 15 heavy (non-hydrogen) atoms. The summed E-state index contributed by atoms with van der Waals surface area (Å²) in [5, 5.41) is 3.25. The molecule has 80 valence electrons. The molecule has 1 saturated heterocycles. The van der Waals surface area contributed by atoms with Crippen molar-refractivity contribution in [2.75, 3.05) is 18.8 Å². The van der Waals surface area contributed by atoms with Gasteiger partial charge in [-0.2, -0.15) is 0 Å². The van der Waals surface area contributed by atoms with Crippen molar-refractivity contribution in [2.24, 2.45) is 5.92 Å². The Morgan fingerprint density at radius 1 is 1.33 bits per heavy atom. The lowest BCUT2D eigenvalue weighted by Crippen LogP contribution is -2.34. The fraction of sp³-hybridized carbons (Fsp3) is 0.417. The van der Waals surface area contributed by atoms with E-state index in [-0.39, 0.29) is 11.7 Å². The predicted molar refractivity (Wildman–Crippen MR) is 60.8 cm³/mol. The molecule has 3 heteroatoms. The van der Waals surface area contributed by atoms with Crippen molar-refractivity contribution in [3.8, 4) is 0 Å². The zero-order valence-corrected chi connectivity index (χ0v) is 8.70. The van der Waals surface area contributed by atoms with Crippen LogP contribution in [0.4, 0.5) is 5.69 Å². The zero-order valence-electron chi connectivity index (χ0n) is 8.70. The first-order valence-corrected chi connectivity index (χ1v) is 5.38. The number of hydrogen-bond donors (Lipinski definition) is 2. The minimum absolute atomic E-state index is 0.141. The van der Waals surface area contributed by atoms with Gasteiger partial charge in [-0.05, 0) is 43.7 Å². The van der Waals surface area contributed by atoms with Crippen LogP contribution in [0.2, 0.25) is 0 Å². The SMILES string of the molecule is Nc1ccc(C(=O)C2CCCNC2)cc1. The third-order valence-electron chi connectivity index (χ3n) is 2.86. The Morgan fingerprint density at radius 2 is 2.07 bits per heavy atom. The van der Waals surface area contributed by atoms with E-state index in [1.807, 2.05) is 12.1 Å². The van der Waals surface area contributed by atoms with Crippen LogP contribution in [-0.2, 0) is 0 Å². The second kappa shape index (κ2) is 4.45. The molecule has 0 aromatic heterocycles. The maximum Gasteiger partial charge on any atom is 0.167 e. The molecule has 1 aliphatic heterocycles. The number of nitrogens with one attached hydrogen (secondary N) is 1. The average molecular weight is 204 g/mol. The molecule has 3 N–H and O–H groups in total. The molecule has 1 aromatic rings. The summed E-state index contributed by atoms with van der Waals surface area (Å²) in [7, 11) is 0. The highest BCUT2D eigenvalue weighted by molar-refractivity contribution is 5.98. The van der Waals surface area contributed by atoms with E-state index in [0.717, 1.165) is 31.5 Å². The van der Waals surface area contributed by atoms with Crippen LogP contribution in [0.1, 0.15) is 23.2 Å². The van der Waals surface area contributed by atoms with Crippen LogP contribution in [0.3, 0.4) is 0 Å². The van der Waals surface area contributed by atoms with Crippen LogP contribution >= 0.6 is 0 Å². The number of Topliss-reactive ketones (excluding diaryl/α,β-unsaturated/α-hetero) is 1. The predicted octanol–water partition coefficient (Wildman–Crippen LogP) is 1.45. The minimum atomic E-state index is 0.141. The summed E-state index contributed by atoms with van der Waals surface area (Å²) < 4.78 is 0. The highest BCUT2D eigenvalue weighted by Gasteiger charge is 2.21. The van der Waals surface area contributed by atoms with Gasteiger partial charge in [-0.15, -0.1) is 0 Å². The van der Waals surface area contributed by atoms with E-state index in [1.165, 1.54) is 0 Å². The Balaban J connectivity index is 2.09. The lowest BCUT2D eigenvalue weighted by molar-refractivity contribution is 0.0900. The van der Waals surface area contributed by atoms with Crippen LogP contribution in [0.15, 0.2) is 24.3 Å². The lowest BCUT2D eigenvalue weighted by atomic mass is 9.91. The molecule has 1 aromatic carbocycles. The standard InChI is InChI=1S/C12H16N2O/c13-11-5-3-9(4-6-11)12(15)10-2-1-7-14-8-10/h3-6,10,14H,1-2,7-8,13H2. The molecule has 1 fully saturated rings. The largest absolute Gasteiger partial charge is 0.399 e. The van der Waals surface area contributed by atoms with Crippen molar-refractivity contribution in [3.63, 3.8) is 0 Å². The second-order valence-corrected chi connectivity index (χ2v) is 4.03. The molecule has 3 nitrogen and oxygen atoms in total. The number of anilines is 1. The molecule has 1 unspecified atom stereocenters. The summed E-state index contributed by atoms with van der Waals surface area (Å²) >= 11 is 0. The van der Waals surface area contributed by atoms with Gasteiger partial charge in [0.15, 0.2) is 5.78 Å². The first kappa shape index (κ1) is 10.2. The molecule has 0 aliphatic carbocycles. The van der Waals surface area contributed by atoms with Crippen LogP contribution in [0.25, 0.3) is 0 Å². The third-order valence-corrected chi connectivity index (χ3v) is 2.86. The molecular formula is C12H16N2O. The van der Waals surface area contributed by atoms with Crippen molar-refractivity contribution >= 4 is 11.5 Å². The summed E-state index contributed by atoms with van der Waals surface area (Å²) in [5.74, 6) is 0.379. The number of carbonyl (C=O) groups excluding carboxylic acids is 1. The van der Waals surface area contributed by atoms with E-state index in [4.69, 9.17) is 5.73 Å². The van der Waals surface area contributed by atoms with Crippen molar-refractivity contribution < 1.29 is 4.79 Å². The summed E-state index contributed by atoms with van der Waals surface area (Å²) in [6.45, 7) is 1.84. The van der Waals surface area contributed by atoms with Gasteiger partial charge in [0.1, 0.15) is 0 Å². The van der Waals surface area contributed by atoms with E-state index in [0.29, 0.717) is 5.69 Å². The number of nitrogens with two attached hydrogens (primary N) is 1. The first-order chi connectivity index (χ1) is 7.27. The van der Waals surface area contributed by atoms with E-state index >= 15 is 0 Å². The quantitative estimate of drug-likeness (QED) is 0.566. The topological polar surface area (TPSA) is 55.1 Å². The van der Waals surface area contributed by atoms with Gasteiger partial charge in [-0.3, -0.25) is 4.79 Å². The van der Waals surface area contributed by atoms with Gasteiger partial charge in [-0.1, -0.05) is 0 Å². The highest BCUT2D eigenvalue weighted by atomic mass is 16.1. The fourth-order valence-corrected chi connectivity index (χ4v) is 1.96. The summed E-state index contributed by atoms with van der Waals surface area (Å²) in [6, 6.07) is 7.19. The van der Waals surface area contributed by atoms with Crippen LogP contribution in [0, 0.1) is 5.92 Å². The van der Waals surface area contributed by atoms with E-state index in [2.05, 4.69) is 5.32 Å². The number of nitrogen functional groups attached to an aromatic ring is 1. The fourth-order valence-electron chi connectivity index (χ4n) is 1.96. The zero-order chi connectivity index (χ0) is 10.7. The number of hydrogen-bond acceptors (Lipinski definition) is 3. The maximum atomic E-state index is 12.0.